The summed E-state index contributed by atoms with van der Waals surface area (Å²) in [7, 11) is 11.5. The predicted octanol–water partition coefficient (Wildman–Crippen LogP) is 2.73. The first kappa shape index (κ1) is 40.9. The molecule has 4 rings (SSSR count). The molecule has 0 N–H and O–H groups in total. The highest BCUT2D eigenvalue weighted by molar-refractivity contribution is 5.34. The average molecular weight is 751 g/mol. The second-order valence-electron chi connectivity index (χ2n) is 15.5. The van der Waals surface area contributed by atoms with E-state index in [9.17, 15) is 44.7 Å². The van der Waals surface area contributed by atoms with Crippen LogP contribution in [-0.4, -0.2) is 104 Å². The van der Waals surface area contributed by atoms with E-state index in [1.807, 2.05) is 42.3 Å². The molecule has 0 aliphatic rings. The van der Waals surface area contributed by atoms with Crippen LogP contribution in [-0.2, 0) is 39.3 Å². The first-order chi connectivity index (χ1) is 25.2. The Hall–Kier alpha value is -5.85. The Labute approximate surface area is 311 Å². The second kappa shape index (κ2) is 16.4. The van der Waals surface area contributed by atoms with Gasteiger partial charge < -0.3 is 13.4 Å². The van der Waals surface area contributed by atoms with E-state index in [2.05, 4.69) is 0 Å². The van der Waals surface area contributed by atoms with Gasteiger partial charge in [-0.3, -0.25) is 30.3 Å². The number of non-ortho nitro benzene ring substituents is 3. The maximum Gasteiger partial charge on any atom is 0.336 e. The molecule has 0 aliphatic carbocycles. The summed E-state index contributed by atoms with van der Waals surface area (Å²) >= 11 is 0. The lowest BCUT2D eigenvalue weighted by Crippen LogP contribution is -2.58. The van der Waals surface area contributed by atoms with Gasteiger partial charge in [-0.15, -0.1) is 0 Å². The Bertz CT molecular complexity index is 1890. The van der Waals surface area contributed by atoms with Crippen molar-refractivity contribution in [2.45, 2.75) is 39.3 Å². The molecule has 0 spiro atoms. The number of aromatic nitrogens is 3. The third-order valence-electron chi connectivity index (χ3n) is 9.45. The standard InChI is InChI=1S/C36H48N9O9/c1-43(2,25-28-7-13-31(14-8-28)40(49)50)22-19-37-34(46)38(20-23-44(3,4)26-29-9-15-32(16-10-29)41(51)52)36(48)39(35(37)47)21-24-45(5,6)27-30-11-17-33(18-12-30)42(53)54/h7-18H,19-27H2,1-6H3/q+3. The number of nitrogens with zero attached hydrogens (tertiary/aromatic N) is 9. The highest BCUT2D eigenvalue weighted by Gasteiger charge is 2.25. The Morgan fingerprint density at radius 2 is 0.630 bits per heavy atom. The molecule has 0 fully saturated rings. The number of rotatable bonds is 18. The molecular formula is C36H48N9O9+3. The molecule has 1 heterocycles. The second-order valence-corrected chi connectivity index (χ2v) is 15.5. The molecule has 0 bridgehead atoms. The normalized spacial score (nSPS) is 12.1. The van der Waals surface area contributed by atoms with Crippen LogP contribution in [0.4, 0.5) is 17.1 Å². The zero-order valence-corrected chi connectivity index (χ0v) is 31.5. The van der Waals surface area contributed by atoms with E-state index in [1.54, 1.807) is 36.4 Å². The summed E-state index contributed by atoms with van der Waals surface area (Å²) in [6.07, 6.45) is 0. The van der Waals surface area contributed by atoms with E-state index in [1.165, 1.54) is 36.4 Å². The molecule has 3 aromatic carbocycles. The van der Waals surface area contributed by atoms with E-state index in [0.717, 1.165) is 30.4 Å². The van der Waals surface area contributed by atoms with Gasteiger partial charge in [0.15, 0.2) is 0 Å². The monoisotopic (exact) mass is 750 g/mol. The van der Waals surface area contributed by atoms with Crippen LogP contribution in [0, 0.1) is 30.3 Å². The van der Waals surface area contributed by atoms with Crippen molar-refractivity contribution in [2.75, 3.05) is 61.9 Å². The van der Waals surface area contributed by atoms with Gasteiger partial charge in [-0.2, -0.15) is 0 Å². The molecule has 0 radical (unpaired) electrons. The van der Waals surface area contributed by atoms with Crippen LogP contribution in [0.3, 0.4) is 0 Å². The quantitative estimate of drug-likeness (QED) is 0.0835. The van der Waals surface area contributed by atoms with Gasteiger partial charge in [-0.1, -0.05) is 0 Å². The Morgan fingerprint density at radius 3 is 0.815 bits per heavy atom. The Morgan fingerprint density at radius 1 is 0.426 bits per heavy atom. The van der Waals surface area contributed by atoms with Crippen LogP contribution in [0.2, 0.25) is 0 Å². The maximum absolute atomic E-state index is 14.0. The number of benzene rings is 3. The Balaban J connectivity index is 1.61. The summed E-state index contributed by atoms with van der Waals surface area (Å²) in [5, 5.41) is 33.3. The van der Waals surface area contributed by atoms with Crippen molar-refractivity contribution in [3.63, 3.8) is 0 Å². The molecule has 18 nitrogen and oxygen atoms in total. The molecule has 0 amide bonds. The molecule has 0 unspecified atom stereocenters. The van der Waals surface area contributed by atoms with Gasteiger partial charge >= 0.3 is 17.1 Å². The van der Waals surface area contributed by atoms with Gasteiger partial charge in [0.25, 0.3) is 17.1 Å². The lowest BCUT2D eigenvalue weighted by Gasteiger charge is -2.31. The third kappa shape index (κ3) is 10.8. The van der Waals surface area contributed by atoms with Crippen LogP contribution in [0.15, 0.2) is 87.2 Å². The largest absolute Gasteiger partial charge is 0.336 e. The van der Waals surface area contributed by atoms with Crippen LogP contribution in [0.1, 0.15) is 16.7 Å². The molecular weight excluding hydrogens is 702 g/mol. The predicted molar refractivity (Wildman–Crippen MR) is 201 cm³/mol. The molecule has 288 valence electrons. The highest BCUT2D eigenvalue weighted by Crippen LogP contribution is 2.18. The highest BCUT2D eigenvalue weighted by atomic mass is 16.6. The zero-order valence-electron chi connectivity index (χ0n) is 31.5. The number of nitro benzene ring substituents is 3. The Kier molecular flexibility index (Phi) is 12.5. The van der Waals surface area contributed by atoms with E-state index < -0.39 is 31.8 Å². The number of quaternary nitrogens is 3. The lowest BCUT2D eigenvalue weighted by atomic mass is 10.2. The molecule has 0 atom stereocenters. The maximum atomic E-state index is 14.0. The van der Waals surface area contributed by atoms with E-state index in [-0.39, 0.29) is 36.7 Å². The molecule has 0 saturated heterocycles. The van der Waals surface area contributed by atoms with E-state index in [0.29, 0.717) is 52.7 Å². The van der Waals surface area contributed by atoms with Crippen molar-refractivity contribution in [2.24, 2.45) is 0 Å². The van der Waals surface area contributed by atoms with Crippen molar-refractivity contribution in [1.82, 2.24) is 13.7 Å². The van der Waals surface area contributed by atoms with Crippen molar-refractivity contribution in [1.29, 1.82) is 0 Å². The fourth-order valence-electron chi connectivity index (χ4n) is 6.26. The zero-order chi connectivity index (χ0) is 40.0. The van der Waals surface area contributed by atoms with Gasteiger partial charge in [-0.25, -0.2) is 28.1 Å². The minimum absolute atomic E-state index is 0.0000179. The van der Waals surface area contributed by atoms with Crippen molar-refractivity contribution in [3.05, 3.63) is 151 Å². The van der Waals surface area contributed by atoms with Crippen LogP contribution < -0.4 is 17.1 Å². The molecule has 18 heteroatoms. The van der Waals surface area contributed by atoms with E-state index in [4.69, 9.17) is 0 Å². The van der Waals surface area contributed by atoms with Gasteiger partial charge in [0, 0.05) is 53.1 Å². The molecule has 0 saturated carbocycles. The number of likely N-dealkylation sites (N-methyl/N-ethyl adjacent to an activating group) is 3. The smallest absolute Gasteiger partial charge is 0.323 e. The number of hydrogen-bond donors (Lipinski definition) is 0. The first-order valence-corrected chi connectivity index (χ1v) is 17.3. The first-order valence-electron chi connectivity index (χ1n) is 17.3. The fraction of sp³-hybridized carbons (Fsp3) is 0.417. The van der Waals surface area contributed by atoms with Crippen molar-refractivity contribution < 1.29 is 28.2 Å². The van der Waals surface area contributed by atoms with Crippen molar-refractivity contribution in [3.8, 4) is 0 Å². The number of nitro groups is 3. The van der Waals surface area contributed by atoms with Crippen LogP contribution in [0.25, 0.3) is 0 Å². The SMILES string of the molecule is C[N+](C)(CCn1c(=O)n(CC[N+](C)(C)Cc2ccc([N+](=O)[O-])cc2)c(=O)n(CC[N+](C)(C)Cc2ccc([N+](=O)[O-])cc2)c1=O)Cc1ccc([N+](=O)[O-])cc1. The van der Waals surface area contributed by atoms with Crippen LogP contribution >= 0.6 is 0 Å². The van der Waals surface area contributed by atoms with Crippen LogP contribution in [0.5, 0.6) is 0 Å². The number of hydrogen-bond acceptors (Lipinski definition) is 9. The summed E-state index contributed by atoms with van der Waals surface area (Å²) < 4.78 is 4.26. The summed E-state index contributed by atoms with van der Waals surface area (Å²) in [6, 6.07) is 18.6. The minimum atomic E-state index is -0.730. The van der Waals surface area contributed by atoms with Gasteiger partial charge in [-0.05, 0) is 36.4 Å². The van der Waals surface area contributed by atoms with Crippen molar-refractivity contribution >= 4 is 17.1 Å². The molecule has 54 heavy (non-hydrogen) atoms. The lowest BCUT2D eigenvalue weighted by molar-refractivity contribution is -0.904. The average Bonchev–Trinajstić information content (AvgIpc) is 3.08. The summed E-state index contributed by atoms with van der Waals surface area (Å²) in [5.74, 6) is 0. The van der Waals surface area contributed by atoms with Gasteiger partial charge in [0.1, 0.15) is 19.6 Å². The summed E-state index contributed by atoms with van der Waals surface area (Å²) in [6.45, 7) is 2.37. The summed E-state index contributed by atoms with van der Waals surface area (Å²) in [5.41, 5.74) is 0.237. The van der Waals surface area contributed by atoms with Gasteiger partial charge in [0.2, 0.25) is 0 Å². The molecule has 1 aromatic heterocycles. The third-order valence-corrected chi connectivity index (χ3v) is 9.45. The summed E-state index contributed by atoms with van der Waals surface area (Å²) in [4.78, 5) is 73.7. The molecule has 4 aromatic rings. The van der Waals surface area contributed by atoms with E-state index >= 15 is 0 Å². The fourth-order valence-corrected chi connectivity index (χ4v) is 6.26. The molecule has 0 aliphatic heterocycles. The topological polar surface area (TPSA) is 195 Å². The van der Waals surface area contributed by atoms with Gasteiger partial charge in [0.05, 0.1) is 96.3 Å². The minimum Gasteiger partial charge on any atom is -0.323 e.